The fourth-order valence-electron chi connectivity index (χ4n) is 2.53. The Morgan fingerprint density at radius 2 is 1.85 bits per heavy atom. The van der Waals surface area contributed by atoms with Crippen molar-refractivity contribution in [3.05, 3.63) is 35.4 Å². The van der Waals surface area contributed by atoms with E-state index in [1.54, 1.807) is 6.92 Å². The number of carboxylic acid groups (broad SMARTS) is 1. The molecular weight excluding hydrogens is 250 g/mol. The predicted molar refractivity (Wildman–Crippen MR) is 82.9 cm³/mol. The summed E-state index contributed by atoms with van der Waals surface area (Å²) in [5.41, 5.74) is 1.60. The number of hydrogen-bond donors (Lipinski definition) is 2. The number of aliphatic carboxylic acids is 1. The highest BCUT2D eigenvalue weighted by Gasteiger charge is 2.34. The van der Waals surface area contributed by atoms with E-state index in [1.807, 2.05) is 6.92 Å². The third kappa shape index (κ3) is 4.07. The standard InChI is InChI=1S/C17H27NO2/c1-5-12-17(4,16(19)20)18-15(7-3)14-10-8-13(6-2)9-11-14/h8-11,15,18H,5-7,12H2,1-4H3,(H,19,20). The van der Waals surface area contributed by atoms with Crippen LogP contribution in [0.2, 0.25) is 0 Å². The number of benzene rings is 1. The van der Waals surface area contributed by atoms with Crippen molar-refractivity contribution in [3.8, 4) is 0 Å². The molecule has 0 aromatic heterocycles. The Morgan fingerprint density at radius 3 is 2.25 bits per heavy atom. The lowest BCUT2D eigenvalue weighted by atomic mass is 9.92. The van der Waals surface area contributed by atoms with Gasteiger partial charge in [-0.3, -0.25) is 10.1 Å². The van der Waals surface area contributed by atoms with Gasteiger partial charge in [0, 0.05) is 6.04 Å². The summed E-state index contributed by atoms with van der Waals surface area (Å²) in [6, 6.07) is 8.53. The minimum atomic E-state index is -0.862. The Labute approximate surface area is 122 Å². The van der Waals surface area contributed by atoms with Crippen LogP contribution in [-0.4, -0.2) is 16.6 Å². The molecule has 2 unspecified atom stereocenters. The molecule has 0 radical (unpaired) electrons. The maximum Gasteiger partial charge on any atom is 0.323 e. The van der Waals surface area contributed by atoms with E-state index >= 15 is 0 Å². The van der Waals surface area contributed by atoms with Crippen molar-refractivity contribution in [1.29, 1.82) is 0 Å². The molecule has 3 nitrogen and oxygen atoms in total. The van der Waals surface area contributed by atoms with Crippen LogP contribution in [0.15, 0.2) is 24.3 Å². The zero-order valence-corrected chi connectivity index (χ0v) is 13.1. The maximum absolute atomic E-state index is 11.5. The highest BCUT2D eigenvalue weighted by atomic mass is 16.4. The lowest BCUT2D eigenvalue weighted by molar-refractivity contribution is -0.144. The van der Waals surface area contributed by atoms with Gasteiger partial charge in [0.1, 0.15) is 5.54 Å². The van der Waals surface area contributed by atoms with Gasteiger partial charge in [-0.2, -0.15) is 0 Å². The smallest absolute Gasteiger partial charge is 0.323 e. The molecule has 3 heteroatoms. The SMILES string of the molecule is CCCC(C)(NC(CC)c1ccc(CC)cc1)C(=O)O. The zero-order chi connectivity index (χ0) is 15.2. The van der Waals surface area contributed by atoms with E-state index in [2.05, 4.69) is 43.4 Å². The molecule has 1 rings (SSSR count). The second-order valence-corrected chi connectivity index (χ2v) is 5.59. The van der Waals surface area contributed by atoms with Gasteiger partial charge in [0.2, 0.25) is 0 Å². The Hall–Kier alpha value is -1.35. The van der Waals surface area contributed by atoms with Crippen LogP contribution < -0.4 is 5.32 Å². The van der Waals surface area contributed by atoms with Crippen molar-refractivity contribution in [2.24, 2.45) is 0 Å². The Bertz CT molecular complexity index is 427. The third-order valence-electron chi connectivity index (χ3n) is 3.91. The van der Waals surface area contributed by atoms with Gasteiger partial charge in [0.15, 0.2) is 0 Å². The molecule has 0 heterocycles. The summed E-state index contributed by atoms with van der Waals surface area (Å²) in [7, 11) is 0. The van der Waals surface area contributed by atoms with Gasteiger partial charge in [-0.05, 0) is 37.3 Å². The van der Waals surface area contributed by atoms with Gasteiger partial charge in [-0.25, -0.2) is 0 Å². The average molecular weight is 277 g/mol. The van der Waals surface area contributed by atoms with E-state index in [4.69, 9.17) is 0 Å². The second-order valence-electron chi connectivity index (χ2n) is 5.59. The Balaban J connectivity index is 2.91. The fraction of sp³-hybridized carbons (Fsp3) is 0.588. The van der Waals surface area contributed by atoms with Gasteiger partial charge < -0.3 is 5.11 Å². The molecule has 0 amide bonds. The predicted octanol–water partition coefficient (Wildman–Crippen LogP) is 3.93. The van der Waals surface area contributed by atoms with Crippen LogP contribution in [-0.2, 0) is 11.2 Å². The number of carbonyl (C=O) groups is 1. The van der Waals surface area contributed by atoms with Gasteiger partial charge in [0.25, 0.3) is 0 Å². The van der Waals surface area contributed by atoms with Crippen molar-refractivity contribution >= 4 is 5.97 Å². The van der Waals surface area contributed by atoms with Crippen LogP contribution in [0.3, 0.4) is 0 Å². The zero-order valence-electron chi connectivity index (χ0n) is 13.1. The molecule has 0 spiro atoms. The van der Waals surface area contributed by atoms with Gasteiger partial charge >= 0.3 is 5.97 Å². The number of aryl methyl sites for hydroxylation is 1. The minimum Gasteiger partial charge on any atom is -0.480 e. The average Bonchev–Trinajstić information content (AvgIpc) is 2.45. The number of nitrogens with one attached hydrogen (secondary N) is 1. The van der Waals surface area contributed by atoms with Crippen LogP contribution in [0.1, 0.15) is 64.1 Å². The Kier molecular flexibility index (Phi) is 6.21. The third-order valence-corrected chi connectivity index (χ3v) is 3.91. The molecule has 0 aliphatic rings. The van der Waals surface area contributed by atoms with Crippen LogP contribution in [0.4, 0.5) is 0 Å². The Morgan fingerprint density at radius 1 is 1.25 bits per heavy atom. The van der Waals surface area contributed by atoms with Crippen molar-refractivity contribution in [2.75, 3.05) is 0 Å². The quantitative estimate of drug-likeness (QED) is 0.757. The molecule has 1 aromatic carbocycles. The van der Waals surface area contributed by atoms with Gasteiger partial charge in [0.05, 0.1) is 0 Å². The second kappa shape index (κ2) is 7.44. The van der Waals surface area contributed by atoms with Crippen molar-refractivity contribution in [3.63, 3.8) is 0 Å². The molecule has 0 aliphatic heterocycles. The van der Waals surface area contributed by atoms with E-state index < -0.39 is 11.5 Å². The highest BCUT2D eigenvalue weighted by Crippen LogP contribution is 2.23. The molecule has 0 bridgehead atoms. The van der Waals surface area contributed by atoms with Crippen LogP contribution >= 0.6 is 0 Å². The topological polar surface area (TPSA) is 49.3 Å². The van der Waals surface area contributed by atoms with E-state index in [0.29, 0.717) is 6.42 Å². The first kappa shape index (κ1) is 16.7. The molecule has 0 aliphatic carbocycles. The van der Waals surface area contributed by atoms with Crippen LogP contribution in [0.5, 0.6) is 0 Å². The summed E-state index contributed by atoms with van der Waals surface area (Å²) in [6.45, 7) is 8.01. The lowest BCUT2D eigenvalue weighted by Crippen LogP contribution is -2.50. The molecule has 0 saturated heterocycles. The van der Waals surface area contributed by atoms with Crippen molar-refractivity contribution in [2.45, 2.75) is 65.0 Å². The molecule has 1 aromatic rings. The van der Waals surface area contributed by atoms with E-state index in [0.717, 1.165) is 24.8 Å². The summed E-state index contributed by atoms with van der Waals surface area (Å²) in [4.78, 5) is 11.5. The normalized spacial score (nSPS) is 15.6. The van der Waals surface area contributed by atoms with Crippen LogP contribution in [0, 0.1) is 0 Å². The molecular formula is C17H27NO2. The van der Waals surface area contributed by atoms with E-state index in [9.17, 15) is 9.90 Å². The summed E-state index contributed by atoms with van der Waals surface area (Å²) in [5, 5.41) is 12.8. The molecule has 2 N–H and O–H groups in total. The molecule has 2 atom stereocenters. The summed E-state index contributed by atoms with van der Waals surface area (Å²) >= 11 is 0. The first-order valence-corrected chi connectivity index (χ1v) is 7.56. The maximum atomic E-state index is 11.5. The highest BCUT2D eigenvalue weighted by molar-refractivity contribution is 5.78. The first-order chi connectivity index (χ1) is 9.46. The molecule has 20 heavy (non-hydrogen) atoms. The molecule has 0 saturated carbocycles. The summed E-state index contributed by atoms with van der Waals surface area (Å²) in [5.74, 6) is -0.775. The van der Waals surface area contributed by atoms with Crippen molar-refractivity contribution in [1.82, 2.24) is 5.32 Å². The number of rotatable bonds is 8. The monoisotopic (exact) mass is 277 g/mol. The molecule has 112 valence electrons. The van der Waals surface area contributed by atoms with E-state index in [-0.39, 0.29) is 6.04 Å². The number of carboxylic acids is 1. The number of hydrogen-bond acceptors (Lipinski definition) is 2. The lowest BCUT2D eigenvalue weighted by Gasteiger charge is -2.31. The minimum absolute atomic E-state index is 0.0774. The van der Waals surface area contributed by atoms with Gasteiger partial charge in [-0.1, -0.05) is 51.5 Å². The fourth-order valence-corrected chi connectivity index (χ4v) is 2.53. The van der Waals surface area contributed by atoms with Gasteiger partial charge in [-0.15, -0.1) is 0 Å². The van der Waals surface area contributed by atoms with Crippen LogP contribution in [0.25, 0.3) is 0 Å². The summed E-state index contributed by atoms with van der Waals surface area (Å²) in [6.07, 6.45) is 3.37. The van der Waals surface area contributed by atoms with Crippen molar-refractivity contribution < 1.29 is 9.90 Å². The largest absolute Gasteiger partial charge is 0.480 e. The summed E-state index contributed by atoms with van der Waals surface area (Å²) < 4.78 is 0. The first-order valence-electron chi connectivity index (χ1n) is 7.56. The molecule has 0 fully saturated rings. The van der Waals surface area contributed by atoms with E-state index in [1.165, 1.54) is 5.56 Å².